The second-order valence-corrected chi connectivity index (χ2v) is 6.08. The first-order valence-electron chi connectivity index (χ1n) is 8.46. The first kappa shape index (κ1) is 19.7. The molecule has 1 N–H and O–H groups in total. The molecule has 148 valence electrons. The maximum atomic E-state index is 13.4. The largest absolute Gasteiger partial charge is 0.494 e. The highest BCUT2D eigenvalue weighted by Crippen LogP contribution is 2.29. The van der Waals surface area contributed by atoms with Crippen molar-refractivity contribution < 1.29 is 18.8 Å². The summed E-state index contributed by atoms with van der Waals surface area (Å²) in [5.74, 6) is -1.03. The minimum absolute atomic E-state index is 0.0866. The minimum atomic E-state index is -0.698. The van der Waals surface area contributed by atoms with Crippen LogP contribution in [-0.4, -0.2) is 22.5 Å². The molecule has 0 atom stereocenters. The second kappa shape index (κ2) is 8.34. The third-order valence-corrected chi connectivity index (χ3v) is 4.15. The van der Waals surface area contributed by atoms with Gasteiger partial charge in [-0.05, 0) is 35.9 Å². The van der Waals surface area contributed by atoms with Gasteiger partial charge in [-0.1, -0.05) is 12.1 Å². The Bertz CT molecular complexity index is 1140. The van der Waals surface area contributed by atoms with Crippen LogP contribution < -0.4 is 15.6 Å². The van der Waals surface area contributed by atoms with Crippen LogP contribution in [-0.2, 0) is 6.54 Å². The molecule has 1 aromatic heterocycles. The molecule has 0 saturated carbocycles. The van der Waals surface area contributed by atoms with Gasteiger partial charge in [0.15, 0.2) is 0 Å². The van der Waals surface area contributed by atoms with Crippen LogP contribution in [0.2, 0.25) is 0 Å². The number of halogens is 1. The molecule has 3 rings (SSSR count). The quantitative estimate of drug-likeness (QED) is 0.508. The Balaban J connectivity index is 1.87. The Kier molecular flexibility index (Phi) is 5.68. The molecular formula is C20H16FN3O5. The van der Waals surface area contributed by atoms with Gasteiger partial charge in [-0.3, -0.25) is 19.7 Å². The van der Waals surface area contributed by atoms with Crippen LogP contribution >= 0.6 is 0 Å². The van der Waals surface area contributed by atoms with E-state index in [0.29, 0.717) is 5.56 Å². The van der Waals surface area contributed by atoms with E-state index >= 15 is 0 Å². The molecule has 0 aliphatic rings. The highest BCUT2D eigenvalue weighted by Gasteiger charge is 2.17. The molecule has 3 aromatic rings. The lowest BCUT2D eigenvalue weighted by Crippen LogP contribution is -2.29. The number of nitrogens with zero attached hydrogens (tertiary/aromatic N) is 2. The maximum absolute atomic E-state index is 13.4. The third kappa shape index (κ3) is 4.46. The average molecular weight is 397 g/mol. The number of non-ortho nitro benzene ring substituents is 1. The number of hydrogen-bond donors (Lipinski definition) is 1. The van der Waals surface area contributed by atoms with Gasteiger partial charge in [0.05, 0.1) is 30.3 Å². The van der Waals surface area contributed by atoms with Crippen molar-refractivity contribution >= 4 is 17.3 Å². The number of carbonyl (C=O) groups is 1. The molecule has 0 saturated heterocycles. The van der Waals surface area contributed by atoms with Crippen molar-refractivity contribution in [3.63, 3.8) is 0 Å². The number of nitro benzene ring substituents is 1. The standard InChI is InChI=1S/C20H16FN3O5/c1-29-18-11-15(24(27)28)7-8-17(18)22-19(25)16-6-3-9-23(20(16)26)12-13-4-2-5-14(21)10-13/h2-11H,12H2,1H3,(H,22,25). The van der Waals surface area contributed by atoms with E-state index in [9.17, 15) is 24.1 Å². The highest BCUT2D eigenvalue weighted by atomic mass is 19.1. The fraction of sp³-hybridized carbons (Fsp3) is 0.100. The molecule has 0 aliphatic heterocycles. The van der Waals surface area contributed by atoms with Gasteiger partial charge in [-0.25, -0.2) is 4.39 Å². The van der Waals surface area contributed by atoms with E-state index < -0.39 is 22.2 Å². The number of rotatable bonds is 6. The van der Waals surface area contributed by atoms with Gasteiger partial charge in [0.1, 0.15) is 17.1 Å². The zero-order valence-electron chi connectivity index (χ0n) is 15.3. The summed E-state index contributed by atoms with van der Waals surface area (Å²) in [6.07, 6.45) is 1.50. The summed E-state index contributed by atoms with van der Waals surface area (Å²) < 4.78 is 19.7. The number of ether oxygens (including phenoxy) is 1. The number of aromatic nitrogens is 1. The number of benzene rings is 2. The van der Waals surface area contributed by atoms with Crippen molar-refractivity contribution in [3.05, 3.63) is 98.2 Å². The van der Waals surface area contributed by atoms with Crippen LogP contribution in [0, 0.1) is 15.9 Å². The summed E-state index contributed by atoms with van der Waals surface area (Å²) in [5.41, 5.74) is -0.138. The van der Waals surface area contributed by atoms with Crippen molar-refractivity contribution in [2.75, 3.05) is 12.4 Å². The molecular weight excluding hydrogens is 381 g/mol. The lowest BCUT2D eigenvalue weighted by Gasteiger charge is -2.11. The Morgan fingerprint density at radius 2 is 2.00 bits per heavy atom. The van der Waals surface area contributed by atoms with Crippen molar-refractivity contribution in [1.82, 2.24) is 4.57 Å². The molecule has 2 aromatic carbocycles. The SMILES string of the molecule is COc1cc([N+](=O)[O-])ccc1NC(=O)c1cccn(Cc2cccc(F)c2)c1=O. The summed E-state index contributed by atoms with van der Waals surface area (Å²) in [6.45, 7) is 0.0958. The van der Waals surface area contributed by atoms with Gasteiger partial charge in [0.2, 0.25) is 0 Å². The van der Waals surface area contributed by atoms with Gasteiger partial charge in [-0.15, -0.1) is 0 Å². The van der Waals surface area contributed by atoms with Crippen LogP contribution in [0.5, 0.6) is 5.75 Å². The number of methoxy groups -OCH3 is 1. The number of amides is 1. The number of anilines is 1. The Hall–Kier alpha value is -4.01. The van der Waals surface area contributed by atoms with E-state index in [2.05, 4.69) is 5.32 Å². The molecule has 0 aliphatic carbocycles. The van der Waals surface area contributed by atoms with Crippen molar-refractivity contribution in [2.24, 2.45) is 0 Å². The second-order valence-electron chi connectivity index (χ2n) is 6.08. The van der Waals surface area contributed by atoms with E-state index in [4.69, 9.17) is 4.74 Å². The molecule has 8 nitrogen and oxygen atoms in total. The lowest BCUT2D eigenvalue weighted by atomic mass is 10.2. The van der Waals surface area contributed by atoms with E-state index in [-0.39, 0.29) is 29.2 Å². The number of nitrogens with one attached hydrogen (secondary N) is 1. The molecule has 0 fully saturated rings. The molecule has 0 bridgehead atoms. The van der Waals surface area contributed by atoms with Crippen LogP contribution in [0.25, 0.3) is 0 Å². The fourth-order valence-electron chi connectivity index (χ4n) is 2.75. The summed E-state index contributed by atoms with van der Waals surface area (Å²) in [5, 5.41) is 13.4. The first-order chi connectivity index (χ1) is 13.9. The first-order valence-corrected chi connectivity index (χ1v) is 8.46. The van der Waals surface area contributed by atoms with Crippen LogP contribution in [0.15, 0.2) is 65.6 Å². The fourth-order valence-corrected chi connectivity index (χ4v) is 2.75. The van der Waals surface area contributed by atoms with Gasteiger partial charge < -0.3 is 14.6 Å². The van der Waals surface area contributed by atoms with Crippen molar-refractivity contribution in [1.29, 1.82) is 0 Å². The average Bonchev–Trinajstić information content (AvgIpc) is 2.69. The summed E-state index contributed by atoms with van der Waals surface area (Å²) in [7, 11) is 1.31. The van der Waals surface area contributed by atoms with Crippen LogP contribution in [0.3, 0.4) is 0 Å². The summed E-state index contributed by atoms with van der Waals surface area (Å²) in [4.78, 5) is 35.6. The van der Waals surface area contributed by atoms with Crippen LogP contribution in [0.1, 0.15) is 15.9 Å². The molecule has 0 unspecified atom stereocenters. The summed E-state index contributed by atoms with van der Waals surface area (Å²) >= 11 is 0. The van der Waals surface area contributed by atoms with Crippen LogP contribution in [0.4, 0.5) is 15.8 Å². The van der Waals surface area contributed by atoms with Gasteiger partial charge in [-0.2, -0.15) is 0 Å². The number of nitro groups is 1. The van der Waals surface area contributed by atoms with Gasteiger partial charge in [0.25, 0.3) is 17.2 Å². The van der Waals surface area contributed by atoms with Gasteiger partial charge in [0, 0.05) is 12.3 Å². The Morgan fingerprint density at radius 1 is 1.21 bits per heavy atom. The predicted molar refractivity (Wildman–Crippen MR) is 104 cm³/mol. The predicted octanol–water partition coefficient (Wildman–Crippen LogP) is 3.20. The maximum Gasteiger partial charge on any atom is 0.273 e. The number of hydrogen-bond acceptors (Lipinski definition) is 5. The highest BCUT2D eigenvalue weighted by molar-refractivity contribution is 6.04. The zero-order chi connectivity index (χ0) is 21.0. The number of pyridine rings is 1. The smallest absolute Gasteiger partial charge is 0.273 e. The molecule has 29 heavy (non-hydrogen) atoms. The van der Waals surface area contributed by atoms with E-state index in [0.717, 1.165) is 0 Å². The number of carbonyl (C=O) groups excluding carboxylic acids is 1. The molecule has 1 amide bonds. The minimum Gasteiger partial charge on any atom is -0.494 e. The van der Waals surface area contributed by atoms with E-state index in [1.165, 1.54) is 66.4 Å². The van der Waals surface area contributed by atoms with Gasteiger partial charge >= 0.3 is 0 Å². The normalized spacial score (nSPS) is 10.4. The molecule has 1 heterocycles. The third-order valence-electron chi connectivity index (χ3n) is 4.15. The molecule has 0 radical (unpaired) electrons. The van der Waals surface area contributed by atoms with Crippen molar-refractivity contribution in [3.8, 4) is 5.75 Å². The molecule has 0 spiro atoms. The Labute approximate surface area is 164 Å². The van der Waals surface area contributed by atoms with Crippen molar-refractivity contribution in [2.45, 2.75) is 6.54 Å². The monoisotopic (exact) mass is 397 g/mol. The van der Waals surface area contributed by atoms with E-state index in [1.54, 1.807) is 6.07 Å². The summed E-state index contributed by atoms with van der Waals surface area (Å²) in [6, 6.07) is 12.4. The Morgan fingerprint density at radius 3 is 2.69 bits per heavy atom. The topological polar surface area (TPSA) is 103 Å². The lowest BCUT2D eigenvalue weighted by molar-refractivity contribution is -0.384. The zero-order valence-corrected chi connectivity index (χ0v) is 15.3. The van der Waals surface area contributed by atoms with E-state index in [1.807, 2.05) is 0 Å². The molecule has 9 heteroatoms.